The molecule has 2 heterocycles. The van der Waals surface area contributed by atoms with Crippen molar-refractivity contribution in [1.29, 1.82) is 0 Å². The van der Waals surface area contributed by atoms with E-state index < -0.39 is 5.97 Å². The van der Waals surface area contributed by atoms with Crippen LogP contribution in [0.25, 0.3) is 11.3 Å². The lowest BCUT2D eigenvalue weighted by atomic mass is 10.1. The summed E-state index contributed by atoms with van der Waals surface area (Å²) in [4.78, 5) is 16.6. The van der Waals surface area contributed by atoms with Crippen molar-refractivity contribution in [3.05, 3.63) is 35.9 Å². The van der Waals surface area contributed by atoms with Gasteiger partial charge in [0.05, 0.1) is 0 Å². The highest BCUT2D eigenvalue weighted by Gasteiger charge is 2.30. The summed E-state index contributed by atoms with van der Waals surface area (Å²) in [6.45, 7) is 3.63. The van der Waals surface area contributed by atoms with Gasteiger partial charge in [-0.1, -0.05) is 48.3 Å². The predicted octanol–water partition coefficient (Wildman–Crippen LogP) is 3.49. The van der Waals surface area contributed by atoms with E-state index in [9.17, 15) is 9.90 Å². The van der Waals surface area contributed by atoms with Gasteiger partial charge in [-0.3, -0.25) is 4.90 Å². The van der Waals surface area contributed by atoms with E-state index in [0.29, 0.717) is 17.6 Å². The Bertz CT molecular complexity index is 753. The quantitative estimate of drug-likeness (QED) is 0.905. The number of anilines is 1. The largest absolute Gasteiger partial charge is 0.477 e. The molecule has 0 spiro atoms. The van der Waals surface area contributed by atoms with Crippen LogP contribution in [-0.4, -0.2) is 53.4 Å². The zero-order chi connectivity index (χ0) is 17.9. The molecule has 6 nitrogen and oxygen atoms in total. The van der Waals surface area contributed by atoms with Gasteiger partial charge in [0.15, 0.2) is 17.1 Å². The van der Waals surface area contributed by atoms with Crippen LogP contribution in [0, 0.1) is 0 Å². The Hall–Kier alpha value is -2.34. The monoisotopic (exact) mass is 355 g/mol. The zero-order valence-corrected chi connectivity index (χ0v) is 14.9. The summed E-state index contributed by atoms with van der Waals surface area (Å²) in [6.07, 6.45) is 6.27. The molecule has 6 heteroatoms. The Kier molecular flexibility index (Phi) is 4.93. The van der Waals surface area contributed by atoms with Gasteiger partial charge in [0.2, 0.25) is 0 Å². The minimum absolute atomic E-state index is 0.172. The number of nitrogens with zero attached hydrogens (tertiary/aromatic N) is 3. The highest BCUT2D eigenvalue weighted by Crippen LogP contribution is 2.32. The number of aromatic carboxylic acids is 1. The Balaban J connectivity index is 1.57. The van der Waals surface area contributed by atoms with Crippen LogP contribution in [0.3, 0.4) is 0 Å². The van der Waals surface area contributed by atoms with Gasteiger partial charge in [-0.25, -0.2) is 4.79 Å². The van der Waals surface area contributed by atoms with Crippen molar-refractivity contribution in [3.8, 4) is 11.3 Å². The first kappa shape index (κ1) is 17.1. The van der Waals surface area contributed by atoms with Crippen LogP contribution >= 0.6 is 0 Å². The predicted molar refractivity (Wildman–Crippen MR) is 99.6 cm³/mol. The number of hydrogen-bond donors (Lipinski definition) is 1. The molecular formula is C20H25N3O3. The van der Waals surface area contributed by atoms with Crippen LogP contribution in [-0.2, 0) is 0 Å². The molecule has 0 radical (unpaired) electrons. The van der Waals surface area contributed by atoms with E-state index in [2.05, 4.69) is 15.0 Å². The molecule has 1 aliphatic heterocycles. The fourth-order valence-corrected chi connectivity index (χ4v) is 4.26. The lowest BCUT2D eigenvalue weighted by Crippen LogP contribution is -2.37. The summed E-state index contributed by atoms with van der Waals surface area (Å²) in [5, 5.41) is 13.9. The van der Waals surface area contributed by atoms with E-state index >= 15 is 0 Å². The van der Waals surface area contributed by atoms with Crippen LogP contribution in [0.4, 0.5) is 5.82 Å². The lowest BCUT2D eigenvalue weighted by molar-refractivity contribution is 0.0698. The van der Waals surface area contributed by atoms with E-state index in [4.69, 9.17) is 4.52 Å². The van der Waals surface area contributed by atoms with Gasteiger partial charge in [-0.05, 0) is 19.3 Å². The molecule has 138 valence electrons. The van der Waals surface area contributed by atoms with Crippen molar-refractivity contribution in [3.63, 3.8) is 0 Å². The van der Waals surface area contributed by atoms with Crippen molar-refractivity contribution in [2.24, 2.45) is 0 Å². The van der Waals surface area contributed by atoms with Gasteiger partial charge in [0.25, 0.3) is 0 Å². The maximum absolute atomic E-state index is 11.9. The van der Waals surface area contributed by atoms with Gasteiger partial charge in [-0.15, -0.1) is 0 Å². The van der Waals surface area contributed by atoms with E-state index in [1.54, 1.807) is 0 Å². The molecule has 1 saturated heterocycles. The summed E-state index contributed by atoms with van der Waals surface area (Å²) >= 11 is 0. The number of carboxylic acids is 1. The van der Waals surface area contributed by atoms with Crippen molar-refractivity contribution in [2.75, 3.05) is 31.1 Å². The normalized spacial score (nSPS) is 19.6. The maximum atomic E-state index is 11.9. The fraction of sp³-hybridized carbons (Fsp3) is 0.500. The summed E-state index contributed by atoms with van der Waals surface area (Å²) < 4.78 is 5.48. The standard InChI is InChI=1S/C20H25N3O3/c24-20(25)17-18(15-7-2-1-3-8-15)26-21-19(17)23-12-6-11-22(13-14-23)16-9-4-5-10-16/h1-3,7-8,16H,4-6,9-14H2,(H,24,25). The smallest absolute Gasteiger partial charge is 0.343 e. The lowest BCUT2D eigenvalue weighted by Gasteiger charge is -2.27. The molecule has 1 saturated carbocycles. The minimum Gasteiger partial charge on any atom is -0.477 e. The van der Waals surface area contributed by atoms with Crippen molar-refractivity contribution in [1.82, 2.24) is 10.1 Å². The third-order valence-corrected chi connectivity index (χ3v) is 5.60. The average Bonchev–Trinajstić information content (AvgIpc) is 3.28. The molecular weight excluding hydrogens is 330 g/mol. The topological polar surface area (TPSA) is 69.8 Å². The third-order valence-electron chi connectivity index (χ3n) is 5.60. The molecule has 0 unspecified atom stereocenters. The molecule has 0 bridgehead atoms. The Morgan fingerprint density at radius 3 is 2.54 bits per heavy atom. The second-order valence-corrected chi connectivity index (χ2v) is 7.20. The average molecular weight is 355 g/mol. The summed E-state index contributed by atoms with van der Waals surface area (Å²) in [5.41, 5.74) is 0.913. The van der Waals surface area contributed by atoms with Crippen LogP contribution in [0.15, 0.2) is 34.9 Å². The highest BCUT2D eigenvalue weighted by molar-refractivity contribution is 5.99. The van der Waals surface area contributed by atoms with Crippen molar-refractivity contribution < 1.29 is 14.4 Å². The number of carboxylic acid groups (broad SMARTS) is 1. The van der Waals surface area contributed by atoms with Gasteiger partial charge < -0.3 is 14.5 Å². The van der Waals surface area contributed by atoms with Crippen LogP contribution < -0.4 is 4.90 Å². The molecule has 0 amide bonds. The van der Waals surface area contributed by atoms with Crippen LogP contribution in [0.5, 0.6) is 0 Å². The zero-order valence-electron chi connectivity index (χ0n) is 14.9. The molecule has 1 aliphatic carbocycles. The Morgan fingerprint density at radius 1 is 1.04 bits per heavy atom. The molecule has 1 N–H and O–H groups in total. The number of carbonyl (C=O) groups is 1. The Labute approximate surface area is 153 Å². The van der Waals surface area contributed by atoms with Crippen LogP contribution in [0.1, 0.15) is 42.5 Å². The number of hydrogen-bond acceptors (Lipinski definition) is 5. The molecule has 2 aliphatic rings. The summed E-state index contributed by atoms with van der Waals surface area (Å²) in [6, 6.07) is 10.0. The van der Waals surface area contributed by atoms with Gasteiger partial charge in [0, 0.05) is 37.8 Å². The van der Waals surface area contributed by atoms with E-state index in [1.807, 2.05) is 30.3 Å². The highest BCUT2D eigenvalue weighted by atomic mass is 16.5. The minimum atomic E-state index is -0.989. The number of aromatic nitrogens is 1. The molecule has 4 rings (SSSR count). The van der Waals surface area contributed by atoms with E-state index in [1.165, 1.54) is 25.7 Å². The van der Waals surface area contributed by atoms with Crippen molar-refractivity contribution in [2.45, 2.75) is 38.1 Å². The molecule has 1 aromatic carbocycles. The molecule has 2 fully saturated rings. The second-order valence-electron chi connectivity index (χ2n) is 7.20. The molecule has 26 heavy (non-hydrogen) atoms. The van der Waals surface area contributed by atoms with Crippen molar-refractivity contribution >= 4 is 11.8 Å². The SMILES string of the molecule is O=C(O)c1c(N2CCCN(C3CCCC3)CC2)noc1-c1ccccc1. The molecule has 2 aromatic rings. The van der Waals surface area contributed by atoms with E-state index in [0.717, 1.165) is 38.2 Å². The first-order valence-corrected chi connectivity index (χ1v) is 9.51. The maximum Gasteiger partial charge on any atom is 0.343 e. The molecule has 1 aromatic heterocycles. The second kappa shape index (κ2) is 7.50. The Morgan fingerprint density at radius 2 is 1.81 bits per heavy atom. The first-order chi connectivity index (χ1) is 12.7. The third kappa shape index (κ3) is 3.33. The van der Waals surface area contributed by atoms with Gasteiger partial charge >= 0.3 is 5.97 Å². The van der Waals surface area contributed by atoms with Gasteiger partial charge in [-0.2, -0.15) is 0 Å². The number of rotatable bonds is 4. The summed E-state index contributed by atoms with van der Waals surface area (Å²) in [5.74, 6) is -0.188. The number of benzene rings is 1. The van der Waals surface area contributed by atoms with E-state index in [-0.39, 0.29) is 5.56 Å². The van der Waals surface area contributed by atoms with Crippen LogP contribution in [0.2, 0.25) is 0 Å². The fourth-order valence-electron chi connectivity index (χ4n) is 4.26. The first-order valence-electron chi connectivity index (χ1n) is 9.51. The van der Waals surface area contributed by atoms with Gasteiger partial charge in [0.1, 0.15) is 0 Å². The molecule has 0 atom stereocenters. The summed E-state index contributed by atoms with van der Waals surface area (Å²) in [7, 11) is 0.